The Morgan fingerprint density at radius 1 is 0.938 bits per heavy atom. The Morgan fingerprint density at radius 2 is 1.78 bits per heavy atom. The van der Waals surface area contributed by atoms with Crippen LogP contribution in [0.25, 0.3) is 33.1 Å². The van der Waals surface area contributed by atoms with Crippen molar-refractivity contribution in [1.82, 2.24) is 19.9 Å². The van der Waals surface area contributed by atoms with E-state index in [2.05, 4.69) is 19.9 Å². The Balaban J connectivity index is 1.64. The molecule has 0 aliphatic carbocycles. The van der Waals surface area contributed by atoms with Crippen LogP contribution in [-0.2, 0) is 0 Å². The quantitative estimate of drug-likeness (QED) is 0.422. The molecule has 156 valence electrons. The Kier molecular flexibility index (Phi) is 4.44. The summed E-state index contributed by atoms with van der Waals surface area (Å²) in [5.74, 6) is -4.42. The average Bonchev–Trinajstić information content (AvgIpc) is 3.21. The first-order valence-corrected chi connectivity index (χ1v) is 9.44. The summed E-state index contributed by atoms with van der Waals surface area (Å²) in [6, 6.07) is 9.01. The summed E-state index contributed by atoms with van der Waals surface area (Å²) in [5.41, 5.74) is 6.29. The average molecular weight is 429 g/mol. The number of halogens is 2. The molecule has 0 saturated carbocycles. The Hall–Kier alpha value is -4.53. The molecule has 7 nitrogen and oxygen atoms in total. The SMILES string of the molecule is NC(=O)c1ccc(F)c(C(=O)c2c[nH]c3ncc(-c4ccc5cncnc5c4)cc23)c1F. The number of nitrogens with one attached hydrogen (secondary N) is 1. The summed E-state index contributed by atoms with van der Waals surface area (Å²) in [4.78, 5) is 39.9. The predicted molar refractivity (Wildman–Crippen MR) is 113 cm³/mol. The number of nitrogens with two attached hydrogens (primary N) is 1. The summed E-state index contributed by atoms with van der Waals surface area (Å²) < 4.78 is 29.1. The van der Waals surface area contributed by atoms with Crippen LogP contribution in [0.5, 0.6) is 0 Å². The Morgan fingerprint density at radius 3 is 2.59 bits per heavy atom. The molecule has 0 atom stereocenters. The van der Waals surface area contributed by atoms with Gasteiger partial charge in [-0.05, 0) is 29.8 Å². The summed E-state index contributed by atoms with van der Waals surface area (Å²) in [6.07, 6.45) is 6.08. The van der Waals surface area contributed by atoms with E-state index in [-0.39, 0.29) is 5.56 Å². The third-order valence-electron chi connectivity index (χ3n) is 5.20. The number of primary amides is 1. The highest BCUT2D eigenvalue weighted by Gasteiger charge is 2.25. The van der Waals surface area contributed by atoms with Crippen LogP contribution >= 0.6 is 0 Å². The van der Waals surface area contributed by atoms with E-state index in [4.69, 9.17) is 5.73 Å². The molecule has 3 N–H and O–H groups in total. The first-order valence-electron chi connectivity index (χ1n) is 9.44. The molecule has 1 amide bonds. The van der Waals surface area contributed by atoms with Crippen LogP contribution in [0.1, 0.15) is 26.3 Å². The molecule has 0 saturated heterocycles. The molecule has 32 heavy (non-hydrogen) atoms. The second kappa shape index (κ2) is 7.31. The number of benzene rings is 2. The number of pyridine rings is 1. The zero-order valence-electron chi connectivity index (χ0n) is 16.3. The lowest BCUT2D eigenvalue weighted by Gasteiger charge is -2.07. The largest absolute Gasteiger partial charge is 0.366 e. The number of aromatic nitrogens is 4. The third-order valence-corrected chi connectivity index (χ3v) is 5.20. The van der Waals surface area contributed by atoms with Crippen molar-refractivity contribution in [1.29, 1.82) is 0 Å². The van der Waals surface area contributed by atoms with Crippen molar-refractivity contribution < 1.29 is 18.4 Å². The molecule has 0 bridgehead atoms. The molecule has 0 fully saturated rings. The summed E-state index contributed by atoms with van der Waals surface area (Å²) >= 11 is 0. The van der Waals surface area contributed by atoms with Gasteiger partial charge in [0.2, 0.25) is 5.78 Å². The van der Waals surface area contributed by atoms with Gasteiger partial charge in [-0.3, -0.25) is 9.59 Å². The van der Waals surface area contributed by atoms with E-state index in [9.17, 15) is 18.4 Å². The van der Waals surface area contributed by atoms with E-state index in [0.717, 1.165) is 28.6 Å². The number of amides is 1. The maximum atomic E-state index is 14.7. The Labute approximate surface area is 179 Å². The van der Waals surface area contributed by atoms with E-state index in [1.165, 1.54) is 12.5 Å². The van der Waals surface area contributed by atoms with Gasteiger partial charge in [0, 0.05) is 40.5 Å². The van der Waals surface area contributed by atoms with Crippen LogP contribution in [0.15, 0.2) is 61.3 Å². The van der Waals surface area contributed by atoms with Crippen LogP contribution in [0.4, 0.5) is 8.78 Å². The fraction of sp³-hybridized carbons (Fsp3) is 0. The van der Waals surface area contributed by atoms with Crippen molar-refractivity contribution in [2.75, 3.05) is 0 Å². The van der Waals surface area contributed by atoms with Gasteiger partial charge in [-0.25, -0.2) is 23.7 Å². The number of hydrogen-bond donors (Lipinski definition) is 2. The number of nitrogens with zero attached hydrogens (tertiary/aromatic N) is 3. The second-order valence-corrected chi connectivity index (χ2v) is 7.10. The number of ketones is 1. The number of carbonyl (C=O) groups is 2. The van der Waals surface area contributed by atoms with E-state index in [0.29, 0.717) is 16.6 Å². The smallest absolute Gasteiger partial charge is 0.251 e. The highest BCUT2D eigenvalue weighted by atomic mass is 19.1. The molecule has 0 unspecified atom stereocenters. The van der Waals surface area contributed by atoms with E-state index in [1.54, 1.807) is 18.5 Å². The molecule has 3 aromatic heterocycles. The second-order valence-electron chi connectivity index (χ2n) is 7.10. The van der Waals surface area contributed by atoms with Crippen molar-refractivity contribution in [2.24, 2.45) is 5.73 Å². The van der Waals surface area contributed by atoms with Crippen molar-refractivity contribution >= 4 is 33.6 Å². The minimum Gasteiger partial charge on any atom is -0.366 e. The van der Waals surface area contributed by atoms with Crippen LogP contribution in [0, 0.1) is 11.6 Å². The molecular formula is C23H13F2N5O2. The lowest BCUT2D eigenvalue weighted by atomic mass is 9.98. The monoisotopic (exact) mass is 429 g/mol. The predicted octanol–water partition coefficient (Wildman–Crippen LogP) is 3.78. The van der Waals surface area contributed by atoms with Gasteiger partial charge in [0.25, 0.3) is 5.91 Å². The number of aromatic amines is 1. The fourth-order valence-electron chi connectivity index (χ4n) is 3.59. The number of hydrogen-bond acceptors (Lipinski definition) is 5. The zero-order valence-corrected chi connectivity index (χ0v) is 16.3. The molecule has 5 aromatic rings. The number of carbonyl (C=O) groups excluding carboxylic acids is 2. The maximum Gasteiger partial charge on any atom is 0.251 e. The summed E-state index contributed by atoms with van der Waals surface area (Å²) in [6.45, 7) is 0. The minimum absolute atomic E-state index is 0.0110. The van der Waals surface area contributed by atoms with Gasteiger partial charge in [0.1, 0.15) is 23.6 Å². The van der Waals surface area contributed by atoms with Crippen molar-refractivity contribution in [3.8, 4) is 11.1 Å². The van der Waals surface area contributed by atoms with Gasteiger partial charge in [-0.1, -0.05) is 12.1 Å². The van der Waals surface area contributed by atoms with Gasteiger partial charge >= 0.3 is 0 Å². The third kappa shape index (κ3) is 3.07. The lowest BCUT2D eigenvalue weighted by Crippen LogP contribution is -2.17. The number of fused-ring (bicyclic) bond motifs is 2. The molecular weight excluding hydrogens is 416 g/mol. The molecule has 9 heteroatoms. The van der Waals surface area contributed by atoms with Crippen molar-refractivity contribution in [3.05, 3.63) is 89.6 Å². The number of H-pyrrole nitrogens is 1. The first kappa shape index (κ1) is 19.4. The molecule has 5 rings (SSSR count). The van der Waals surface area contributed by atoms with Gasteiger partial charge in [0.05, 0.1) is 16.6 Å². The zero-order chi connectivity index (χ0) is 22.4. The van der Waals surface area contributed by atoms with Gasteiger partial charge in [-0.2, -0.15) is 0 Å². The van der Waals surface area contributed by atoms with Crippen LogP contribution in [0.3, 0.4) is 0 Å². The highest BCUT2D eigenvalue weighted by molar-refractivity contribution is 6.17. The van der Waals surface area contributed by atoms with Crippen LogP contribution in [0.2, 0.25) is 0 Å². The molecule has 2 aromatic carbocycles. The van der Waals surface area contributed by atoms with E-state index < -0.39 is 34.5 Å². The summed E-state index contributed by atoms with van der Waals surface area (Å²) in [5, 5.41) is 1.24. The van der Waals surface area contributed by atoms with Gasteiger partial charge in [-0.15, -0.1) is 0 Å². The van der Waals surface area contributed by atoms with Crippen molar-refractivity contribution in [3.63, 3.8) is 0 Å². The highest BCUT2D eigenvalue weighted by Crippen LogP contribution is 2.29. The molecule has 0 spiro atoms. The normalized spacial score (nSPS) is 11.2. The topological polar surface area (TPSA) is 115 Å². The fourth-order valence-corrected chi connectivity index (χ4v) is 3.59. The minimum atomic E-state index is -1.30. The summed E-state index contributed by atoms with van der Waals surface area (Å²) in [7, 11) is 0. The molecule has 0 radical (unpaired) electrons. The van der Waals surface area contributed by atoms with Gasteiger partial charge < -0.3 is 10.7 Å². The molecule has 0 aliphatic heterocycles. The lowest BCUT2D eigenvalue weighted by molar-refractivity contribution is 0.0996. The van der Waals surface area contributed by atoms with Crippen LogP contribution < -0.4 is 5.73 Å². The van der Waals surface area contributed by atoms with Crippen molar-refractivity contribution in [2.45, 2.75) is 0 Å². The molecule has 0 aliphatic rings. The van der Waals surface area contributed by atoms with E-state index in [1.807, 2.05) is 18.2 Å². The van der Waals surface area contributed by atoms with Gasteiger partial charge in [0.15, 0.2) is 0 Å². The number of rotatable bonds is 4. The Bertz CT molecular complexity index is 1560. The van der Waals surface area contributed by atoms with E-state index >= 15 is 0 Å². The maximum absolute atomic E-state index is 14.7. The first-order chi connectivity index (χ1) is 15.4. The van der Waals surface area contributed by atoms with Crippen LogP contribution in [-0.4, -0.2) is 31.6 Å². The standard InChI is InChI=1S/C23H13F2N5O2/c24-17-4-3-14(22(26)32)20(25)19(17)21(31)16-9-29-23-15(16)5-13(8-28-23)11-1-2-12-7-27-10-30-18(12)6-11/h1-10H,(H2,26,32)(H,28,29). The molecule has 3 heterocycles.